The van der Waals surface area contributed by atoms with E-state index in [1.165, 1.54) is 0 Å². The van der Waals surface area contributed by atoms with Gasteiger partial charge in [-0.25, -0.2) is 9.66 Å². The summed E-state index contributed by atoms with van der Waals surface area (Å²) in [7, 11) is 0. The van der Waals surface area contributed by atoms with Crippen LogP contribution in [0.15, 0.2) is 6.07 Å². The second kappa shape index (κ2) is 2.34. The molecule has 1 atom stereocenters. The van der Waals surface area contributed by atoms with Crippen LogP contribution in [-0.2, 0) is 0 Å². The molecule has 2 rings (SSSR count). The zero-order valence-electron chi connectivity index (χ0n) is 6.53. The third-order valence-corrected chi connectivity index (χ3v) is 1.90. The largest absolute Gasteiger partial charge is 0.383 e. The molecule has 6 heteroatoms. The number of rotatable bonds is 0. The van der Waals surface area contributed by atoms with Crippen molar-refractivity contribution >= 4 is 23.9 Å². The van der Waals surface area contributed by atoms with Crippen LogP contribution in [-0.4, -0.2) is 15.8 Å². The van der Waals surface area contributed by atoms with Gasteiger partial charge in [0.2, 0.25) is 4.77 Å². The van der Waals surface area contributed by atoms with Crippen molar-refractivity contribution in [3.05, 3.63) is 10.8 Å². The molecule has 1 aromatic rings. The molecule has 2 heterocycles. The summed E-state index contributed by atoms with van der Waals surface area (Å²) in [6.45, 7) is 1.98. The summed E-state index contributed by atoms with van der Waals surface area (Å²) in [5, 5.41) is 3.14. The number of nitrogens with one attached hydrogen (secondary N) is 2. The molecule has 4 N–H and O–H groups in total. The topological polar surface area (TPSA) is 67.9 Å². The van der Waals surface area contributed by atoms with Crippen molar-refractivity contribution in [3.63, 3.8) is 0 Å². The minimum atomic E-state index is 0.162. The predicted octanol–water partition coefficient (Wildman–Crippen LogP) is 0.510. The van der Waals surface area contributed by atoms with Gasteiger partial charge >= 0.3 is 0 Å². The average Bonchev–Trinajstić information content (AvgIpc) is 2.29. The van der Waals surface area contributed by atoms with Gasteiger partial charge in [0.25, 0.3) is 0 Å². The van der Waals surface area contributed by atoms with Crippen molar-refractivity contribution in [1.29, 1.82) is 0 Å². The number of nitrogens with two attached hydrogens (primary N) is 1. The fourth-order valence-electron chi connectivity index (χ4n) is 1.18. The Labute approximate surface area is 74.6 Å². The molecule has 0 spiro atoms. The second-order valence-corrected chi connectivity index (χ2v) is 3.04. The molecule has 12 heavy (non-hydrogen) atoms. The Morgan fingerprint density at radius 3 is 3.25 bits per heavy atom. The molecule has 0 saturated heterocycles. The quantitative estimate of drug-likeness (QED) is 0.511. The van der Waals surface area contributed by atoms with Gasteiger partial charge in [-0.2, -0.15) is 0 Å². The molecule has 1 aliphatic rings. The first-order chi connectivity index (χ1) is 5.66. The molecule has 1 unspecified atom stereocenters. The summed E-state index contributed by atoms with van der Waals surface area (Å²) in [5.41, 5.74) is 8.59. The number of fused-ring (bicyclic) bond motifs is 1. The third-order valence-electron chi connectivity index (χ3n) is 1.63. The van der Waals surface area contributed by atoms with Crippen LogP contribution in [0.2, 0.25) is 0 Å². The van der Waals surface area contributed by atoms with Crippen LogP contribution in [0.5, 0.6) is 0 Å². The molecule has 0 saturated carbocycles. The van der Waals surface area contributed by atoms with Gasteiger partial charge in [-0.3, -0.25) is 0 Å². The number of anilines is 2. The predicted molar refractivity (Wildman–Crippen MR) is 49.9 cm³/mol. The maximum Gasteiger partial charge on any atom is 0.222 e. The van der Waals surface area contributed by atoms with E-state index in [4.69, 9.17) is 18.0 Å². The lowest BCUT2D eigenvalue weighted by Gasteiger charge is -2.03. The molecule has 1 aromatic heterocycles. The Morgan fingerprint density at radius 1 is 1.75 bits per heavy atom. The number of aromatic nitrogens is 2. The molecular formula is C6H9N5S. The summed E-state index contributed by atoms with van der Waals surface area (Å²) in [4.78, 5) is 3.93. The van der Waals surface area contributed by atoms with Gasteiger partial charge < -0.3 is 16.5 Å². The van der Waals surface area contributed by atoms with Gasteiger partial charge in [0.15, 0.2) is 0 Å². The van der Waals surface area contributed by atoms with E-state index < -0.39 is 0 Å². The lowest BCUT2D eigenvalue weighted by atomic mass is 10.5. The summed E-state index contributed by atoms with van der Waals surface area (Å²) < 4.78 is 2.15. The van der Waals surface area contributed by atoms with Crippen molar-refractivity contribution < 1.29 is 0 Å². The van der Waals surface area contributed by atoms with E-state index in [0.717, 1.165) is 5.82 Å². The minimum absolute atomic E-state index is 0.162. The Kier molecular flexibility index (Phi) is 1.44. The fourth-order valence-corrected chi connectivity index (χ4v) is 1.44. The van der Waals surface area contributed by atoms with Crippen LogP contribution in [0, 0.1) is 4.77 Å². The molecule has 0 fully saturated rings. The molecule has 0 bridgehead atoms. The molecule has 1 aliphatic heterocycles. The molecule has 5 nitrogen and oxygen atoms in total. The molecule has 0 aromatic carbocycles. The number of hydrogen-bond donors (Lipinski definition) is 3. The van der Waals surface area contributed by atoms with Crippen LogP contribution in [0.1, 0.15) is 6.92 Å². The van der Waals surface area contributed by atoms with Gasteiger partial charge in [-0.15, -0.1) is 0 Å². The summed E-state index contributed by atoms with van der Waals surface area (Å²) in [6, 6.07) is 1.74. The van der Waals surface area contributed by atoms with Crippen molar-refractivity contribution in [2.24, 2.45) is 0 Å². The standard InChI is InChI=1S/C6H9N5S/c1-3-8-5-2-4(7)9-6(12)11(5)10-3/h2-3,8,10H,1H3,(H2,7,9,12). The summed E-state index contributed by atoms with van der Waals surface area (Å²) in [6.07, 6.45) is 0.162. The maximum absolute atomic E-state index is 5.52. The summed E-state index contributed by atoms with van der Waals surface area (Å²) >= 11 is 4.99. The number of nitrogens with zero attached hydrogens (tertiary/aromatic N) is 2. The van der Waals surface area contributed by atoms with Crippen LogP contribution in [0.3, 0.4) is 0 Å². The van der Waals surface area contributed by atoms with E-state index in [0.29, 0.717) is 10.6 Å². The van der Waals surface area contributed by atoms with Gasteiger partial charge in [-0.05, 0) is 19.1 Å². The van der Waals surface area contributed by atoms with Crippen molar-refractivity contribution in [2.45, 2.75) is 13.1 Å². The molecule has 64 valence electrons. The number of hydrogen-bond acceptors (Lipinski definition) is 5. The highest BCUT2D eigenvalue weighted by Gasteiger charge is 2.15. The molecule has 0 radical (unpaired) electrons. The highest BCUT2D eigenvalue weighted by atomic mass is 32.1. The van der Waals surface area contributed by atoms with Crippen molar-refractivity contribution in [1.82, 2.24) is 9.66 Å². The van der Waals surface area contributed by atoms with Gasteiger partial charge in [0, 0.05) is 6.07 Å². The zero-order valence-corrected chi connectivity index (χ0v) is 7.35. The van der Waals surface area contributed by atoms with Crippen LogP contribution in [0.4, 0.5) is 11.6 Å². The van der Waals surface area contributed by atoms with Gasteiger partial charge in [0.1, 0.15) is 17.8 Å². The lowest BCUT2D eigenvalue weighted by Crippen LogP contribution is -2.21. The first-order valence-corrected chi connectivity index (χ1v) is 4.00. The van der Waals surface area contributed by atoms with Crippen LogP contribution >= 0.6 is 12.2 Å². The Bertz CT molecular complexity index is 371. The first kappa shape index (κ1) is 7.35. The van der Waals surface area contributed by atoms with E-state index >= 15 is 0 Å². The molecule has 0 amide bonds. The summed E-state index contributed by atoms with van der Waals surface area (Å²) in [5.74, 6) is 1.30. The van der Waals surface area contributed by atoms with Crippen molar-refractivity contribution in [2.75, 3.05) is 16.5 Å². The highest BCUT2D eigenvalue weighted by molar-refractivity contribution is 7.71. The van der Waals surface area contributed by atoms with E-state index in [1.54, 1.807) is 10.7 Å². The Morgan fingerprint density at radius 2 is 2.50 bits per heavy atom. The SMILES string of the molecule is CC1Nc2cc(N)nc(=S)n2N1. The van der Waals surface area contributed by atoms with Crippen LogP contribution < -0.4 is 16.5 Å². The Balaban J connectivity index is 2.60. The monoisotopic (exact) mass is 183 g/mol. The van der Waals surface area contributed by atoms with E-state index in [9.17, 15) is 0 Å². The van der Waals surface area contributed by atoms with E-state index in [-0.39, 0.29) is 6.17 Å². The van der Waals surface area contributed by atoms with Gasteiger partial charge in [0.05, 0.1) is 0 Å². The number of nitrogen functional groups attached to an aromatic ring is 1. The second-order valence-electron chi connectivity index (χ2n) is 2.68. The maximum atomic E-state index is 5.52. The average molecular weight is 183 g/mol. The third kappa shape index (κ3) is 1.00. The highest BCUT2D eigenvalue weighted by Crippen LogP contribution is 2.16. The fraction of sp³-hybridized carbons (Fsp3) is 0.333. The lowest BCUT2D eigenvalue weighted by molar-refractivity contribution is 0.811. The normalized spacial score (nSPS) is 19.6. The van der Waals surface area contributed by atoms with Crippen molar-refractivity contribution in [3.8, 4) is 0 Å². The minimum Gasteiger partial charge on any atom is -0.383 e. The van der Waals surface area contributed by atoms with Gasteiger partial charge in [-0.1, -0.05) is 0 Å². The van der Waals surface area contributed by atoms with E-state index in [1.807, 2.05) is 6.92 Å². The Hall–Kier alpha value is -1.30. The first-order valence-electron chi connectivity index (χ1n) is 3.59. The smallest absolute Gasteiger partial charge is 0.222 e. The molecular weight excluding hydrogens is 174 g/mol. The van der Waals surface area contributed by atoms with E-state index in [2.05, 4.69) is 15.7 Å². The van der Waals surface area contributed by atoms with Crippen LogP contribution in [0.25, 0.3) is 0 Å². The molecule has 0 aliphatic carbocycles. The zero-order chi connectivity index (χ0) is 8.72.